The Morgan fingerprint density at radius 1 is 1.24 bits per heavy atom. The number of nitrogens with zero attached hydrogens (tertiary/aromatic N) is 1. The highest BCUT2D eigenvalue weighted by molar-refractivity contribution is 7.89. The first-order valence-corrected chi connectivity index (χ1v) is 8.86. The molecule has 2 saturated heterocycles. The first kappa shape index (κ1) is 17.3. The van der Waals surface area contributed by atoms with Crippen molar-refractivity contribution in [3.05, 3.63) is 28.2 Å². The Bertz CT molecular complexity index is 624. The summed E-state index contributed by atoms with van der Waals surface area (Å²) >= 11 is 11.9. The van der Waals surface area contributed by atoms with Crippen LogP contribution in [-0.4, -0.2) is 38.4 Å². The van der Waals surface area contributed by atoms with Crippen molar-refractivity contribution in [3.8, 4) is 0 Å². The van der Waals surface area contributed by atoms with Crippen molar-refractivity contribution in [1.82, 2.24) is 9.62 Å². The van der Waals surface area contributed by atoms with Gasteiger partial charge >= 0.3 is 0 Å². The predicted octanol–water partition coefficient (Wildman–Crippen LogP) is 2.79. The van der Waals surface area contributed by atoms with Crippen LogP contribution in [0.15, 0.2) is 23.1 Å². The largest absolute Gasteiger partial charge is 0.314 e. The van der Waals surface area contributed by atoms with Crippen LogP contribution in [0.2, 0.25) is 10.0 Å². The van der Waals surface area contributed by atoms with Crippen molar-refractivity contribution in [2.75, 3.05) is 19.6 Å². The number of piperidine rings is 1. The Hall–Kier alpha value is -0.0400. The van der Waals surface area contributed by atoms with Gasteiger partial charge in [0.25, 0.3) is 0 Å². The molecule has 1 aromatic carbocycles. The van der Waals surface area contributed by atoms with E-state index in [9.17, 15) is 8.42 Å². The number of nitrogens with one attached hydrogen (secondary N) is 1. The minimum absolute atomic E-state index is 0. The molecular formula is C13H17Cl3N2O2S. The molecule has 2 fully saturated rings. The maximum atomic E-state index is 12.7. The van der Waals surface area contributed by atoms with Gasteiger partial charge in [0.2, 0.25) is 10.0 Å². The summed E-state index contributed by atoms with van der Waals surface area (Å²) in [6.45, 7) is 2.06. The molecule has 8 heteroatoms. The molecule has 4 nitrogen and oxygen atoms in total. The standard InChI is InChI=1S/C13H16Cl2N2O2S.ClH/c14-10-1-2-11(15)13(7-10)20(18,19)17-6-4-12-9(8-17)3-5-16-12;/h1-2,7,9,12,16H,3-6,8H2;1H. The van der Waals surface area contributed by atoms with Crippen molar-refractivity contribution >= 4 is 45.6 Å². The lowest BCUT2D eigenvalue weighted by Gasteiger charge is -2.34. The number of fused-ring (bicyclic) bond motifs is 1. The van der Waals surface area contributed by atoms with E-state index in [2.05, 4.69) is 5.32 Å². The van der Waals surface area contributed by atoms with E-state index >= 15 is 0 Å². The predicted molar refractivity (Wildman–Crippen MR) is 87.0 cm³/mol. The van der Waals surface area contributed by atoms with Crippen LogP contribution in [0.1, 0.15) is 12.8 Å². The summed E-state index contributed by atoms with van der Waals surface area (Å²) in [6, 6.07) is 5.01. The molecule has 0 aromatic heterocycles. The molecule has 0 radical (unpaired) electrons. The topological polar surface area (TPSA) is 49.4 Å². The van der Waals surface area contributed by atoms with Crippen molar-refractivity contribution in [1.29, 1.82) is 0 Å². The Labute approximate surface area is 141 Å². The van der Waals surface area contributed by atoms with Crippen LogP contribution in [0.5, 0.6) is 0 Å². The maximum Gasteiger partial charge on any atom is 0.244 e. The fourth-order valence-electron chi connectivity index (χ4n) is 3.05. The van der Waals surface area contributed by atoms with Gasteiger partial charge in [0.05, 0.1) is 5.02 Å². The van der Waals surface area contributed by atoms with Gasteiger partial charge < -0.3 is 5.32 Å². The third-order valence-corrected chi connectivity index (χ3v) is 6.71. The monoisotopic (exact) mass is 370 g/mol. The second-order valence-electron chi connectivity index (χ2n) is 5.34. The quantitative estimate of drug-likeness (QED) is 0.869. The summed E-state index contributed by atoms with van der Waals surface area (Å²) in [5, 5.41) is 4.03. The molecule has 2 aliphatic rings. The van der Waals surface area contributed by atoms with Crippen LogP contribution in [-0.2, 0) is 10.0 Å². The molecule has 2 atom stereocenters. The summed E-state index contributed by atoms with van der Waals surface area (Å²) in [6.07, 6.45) is 1.88. The number of hydrogen-bond donors (Lipinski definition) is 1. The summed E-state index contributed by atoms with van der Waals surface area (Å²) in [4.78, 5) is 0.107. The zero-order chi connectivity index (χ0) is 14.3. The zero-order valence-corrected chi connectivity index (χ0v) is 14.4. The molecule has 0 saturated carbocycles. The third kappa shape index (κ3) is 3.33. The van der Waals surface area contributed by atoms with E-state index in [0.29, 0.717) is 30.1 Å². The van der Waals surface area contributed by atoms with Crippen molar-refractivity contribution in [2.24, 2.45) is 5.92 Å². The lowest BCUT2D eigenvalue weighted by Crippen LogP contribution is -2.46. The molecule has 0 bridgehead atoms. The molecular weight excluding hydrogens is 355 g/mol. The van der Waals surface area contributed by atoms with E-state index in [1.54, 1.807) is 10.4 Å². The molecule has 118 valence electrons. The molecule has 0 amide bonds. The van der Waals surface area contributed by atoms with Gasteiger partial charge in [-0.05, 0) is 43.5 Å². The van der Waals surface area contributed by atoms with Gasteiger partial charge in [-0.15, -0.1) is 12.4 Å². The minimum Gasteiger partial charge on any atom is -0.314 e. The van der Waals surface area contributed by atoms with Gasteiger partial charge in [0, 0.05) is 24.2 Å². The highest BCUT2D eigenvalue weighted by Crippen LogP contribution is 2.32. The smallest absolute Gasteiger partial charge is 0.244 e. The van der Waals surface area contributed by atoms with E-state index < -0.39 is 10.0 Å². The van der Waals surface area contributed by atoms with Crippen molar-refractivity contribution in [3.63, 3.8) is 0 Å². The number of sulfonamides is 1. The first-order valence-electron chi connectivity index (χ1n) is 6.67. The normalized spacial score (nSPS) is 26.2. The molecule has 3 rings (SSSR count). The van der Waals surface area contributed by atoms with Gasteiger partial charge in [-0.2, -0.15) is 4.31 Å². The highest BCUT2D eigenvalue weighted by atomic mass is 35.5. The Morgan fingerprint density at radius 3 is 2.76 bits per heavy atom. The highest BCUT2D eigenvalue weighted by Gasteiger charge is 2.38. The van der Waals surface area contributed by atoms with Crippen LogP contribution >= 0.6 is 35.6 Å². The first-order chi connectivity index (χ1) is 9.48. The van der Waals surface area contributed by atoms with E-state index in [0.717, 1.165) is 19.4 Å². The van der Waals surface area contributed by atoms with E-state index in [1.807, 2.05) is 0 Å². The molecule has 1 N–H and O–H groups in total. The number of benzene rings is 1. The van der Waals surface area contributed by atoms with Crippen LogP contribution in [0.25, 0.3) is 0 Å². The molecule has 21 heavy (non-hydrogen) atoms. The van der Waals surface area contributed by atoms with Gasteiger partial charge in [0.15, 0.2) is 0 Å². The Balaban J connectivity index is 0.00000161. The lowest BCUT2D eigenvalue weighted by atomic mass is 9.95. The molecule has 2 aliphatic heterocycles. The number of hydrogen-bond acceptors (Lipinski definition) is 3. The number of rotatable bonds is 2. The molecule has 0 spiro atoms. The van der Waals surface area contributed by atoms with Gasteiger partial charge in [-0.3, -0.25) is 0 Å². The van der Waals surface area contributed by atoms with Crippen LogP contribution in [0.3, 0.4) is 0 Å². The van der Waals surface area contributed by atoms with Gasteiger partial charge in [-0.1, -0.05) is 23.2 Å². The number of halogens is 3. The minimum atomic E-state index is -3.56. The third-order valence-electron chi connectivity index (χ3n) is 4.13. The zero-order valence-electron chi connectivity index (χ0n) is 11.3. The van der Waals surface area contributed by atoms with E-state index in [4.69, 9.17) is 23.2 Å². The average molecular weight is 372 g/mol. The van der Waals surface area contributed by atoms with Gasteiger partial charge in [-0.25, -0.2) is 8.42 Å². The Morgan fingerprint density at radius 2 is 2.00 bits per heavy atom. The maximum absolute atomic E-state index is 12.7. The summed E-state index contributed by atoms with van der Waals surface area (Å²) < 4.78 is 27.0. The molecule has 0 aliphatic carbocycles. The second-order valence-corrected chi connectivity index (χ2v) is 8.09. The van der Waals surface area contributed by atoms with E-state index in [-0.39, 0.29) is 22.3 Å². The second kappa shape index (κ2) is 6.60. The SMILES string of the molecule is Cl.O=S(=O)(c1cc(Cl)ccc1Cl)N1CCC2NCCC2C1. The van der Waals surface area contributed by atoms with E-state index in [1.165, 1.54) is 12.1 Å². The molecule has 2 heterocycles. The van der Waals surface area contributed by atoms with Crippen molar-refractivity contribution < 1.29 is 8.42 Å². The molecule has 2 unspecified atom stereocenters. The van der Waals surface area contributed by atoms with Crippen LogP contribution in [0, 0.1) is 5.92 Å². The Kier molecular flexibility index (Phi) is 5.45. The lowest BCUT2D eigenvalue weighted by molar-refractivity contribution is 0.247. The van der Waals surface area contributed by atoms with Crippen molar-refractivity contribution in [2.45, 2.75) is 23.8 Å². The van der Waals surface area contributed by atoms with Crippen LogP contribution in [0.4, 0.5) is 0 Å². The fraction of sp³-hybridized carbons (Fsp3) is 0.538. The van der Waals surface area contributed by atoms with Gasteiger partial charge in [0.1, 0.15) is 4.90 Å². The fourth-order valence-corrected chi connectivity index (χ4v) is 5.30. The average Bonchev–Trinajstić information content (AvgIpc) is 2.88. The summed E-state index contributed by atoms with van der Waals surface area (Å²) in [5.74, 6) is 0.400. The molecule has 1 aromatic rings. The summed E-state index contributed by atoms with van der Waals surface area (Å²) in [5.41, 5.74) is 0. The van der Waals surface area contributed by atoms with Crippen LogP contribution < -0.4 is 5.32 Å². The summed E-state index contributed by atoms with van der Waals surface area (Å²) in [7, 11) is -3.56.